The van der Waals surface area contributed by atoms with Crippen molar-refractivity contribution < 1.29 is 9.31 Å². The molecule has 0 amide bonds. The Morgan fingerprint density at radius 3 is 2.95 bits per heavy atom. The lowest BCUT2D eigenvalue weighted by atomic mass is 9.89. The van der Waals surface area contributed by atoms with Gasteiger partial charge in [-0.05, 0) is 32.1 Å². The van der Waals surface area contributed by atoms with Crippen LogP contribution in [0.5, 0.6) is 0 Å². The van der Waals surface area contributed by atoms with Gasteiger partial charge < -0.3 is 5.73 Å². The average Bonchev–Trinajstić information content (AvgIpc) is 2.50. The number of aliphatic imine (C=N–C) groups is 1. The van der Waals surface area contributed by atoms with Crippen molar-refractivity contribution in [3.8, 4) is 0 Å². The summed E-state index contributed by atoms with van der Waals surface area (Å²) in [5, 5.41) is 10.9. The molecule has 0 radical (unpaired) electrons. The van der Waals surface area contributed by atoms with Gasteiger partial charge in [0.25, 0.3) is 5.69 Å². The van der Waals surface area contributed by atoms with Crippen LogP contribution in [0.25, 0.3) is 0 Å². The Morgan fingerprint density at radius 1 is 1.60 bits per heavy atom. The van der Waals surface area contributed by atoms with E-state index in [2.05, 4.69) is 4.99 Å². The number of nitrogens with zero attached hydrogens (tertiary/aromatic N) is 2. The third kappa shape index (κ3) is 2.77. The number of non-ortho nitro benzene ring substituents is 1. The zero-order valence-electron chi connectivity index (χ0n) is 11.3. The number of amidine groups is 1. The molecule has 7 heteroatoms. The van der Waals surface area contributed by atoms with Crippen LogP contribution in [0.3, 0.4) is 0 Å². The molecular formula is C13H16FN3O2S. The maximum atomic E-state index is 14.1. The Kier molecular flexibility index (Phi) is 3.99. The van der Waals surface area contributed by atoms with Gasteiger partial charge in [-0.15, -0.1) is 0 Å². The second kappa shape index (κ2) is 5.40. The molecule has 20 heavy (non-hydrogen) atoms. The molecule has 108 valence electrons. The van der Waals surface area contributed by atoms with Crippen molar-refractivity contribution in [2.45, 2.75) is 31.1 Å². The molecule has 1 aliphatic heterocycles. The Labute approximate surface area is 120 Å². The predicted octanol–water partition coefficient (Wildman–Crippen LogP) is 2.83. The number of nitro groups is 1. The highest BCUT2D eigenvalue weighted by Gasteiger charge is 2.33. The Balaban J connectivity index is 2.53. The molecule has 2 rings (SSSR count). The van der Waals surface area contributed by atoms with Crippen molar-refractivity contribution in [3.05, 3.63) is 39.7 Å². The van der Waals surface area contributed by atoms with Crippen molar-refractivity contribution in [2.75, 3.05) is 5.75 Å². The van der Waals surface area contributed by atoms with E-state index in [-0.39, 0.29) is 16.5 Å². The van der Waals surface area contributed by atoms with E-state index in [1.807, 2.05) is 6.92 Å². The quantitative estimate of drug-likeness (QED) is 0.672. The molecule has 0 spiro atoms. The highest BCUT2D eigenvalue weighted by Crippen LogP contribution is 2.37. The van der Waals surface area contributed by atoms with E-state index >= 15 is 0 Å². The van der Waals surface area contributed by atoms with Crippen molar-refractivity contribution in [2.24, 2.45) is 10.7 Å². The van der Waals surface area contributed by atoms with Gasteiger partial charge in [-0.2, -0.15) is 11.8 Å². The molecule has 1 aromatic rings. The lowest BCUT2D eigenvalue weighted by molar-refractivity contribution is -0.385. The summed E-state index contributed by atoms with van der Waals surface area (Å²) in [7, 11) is 0. The number of nitrogens with two attached hydrogens (primary N) is 1. The number of rotatable bonds is 2. The minimum absolute atomic E-state index is 0.0681. The van der Waals surface area contributed by atoms with Crippen LogP contribution < -0.4 is 5.73 Å². The summed E-state index contributed by atoms with van der Waals surface area (Å²) in [4.78, 5) is 14.8. The largest absolute Gasteiger partial charge is 0.387 e. The van der Waals surface area contributed by atoms with Gasteiger partial charge in [0.2, 0.25) is 0 Å². The van der Waals surface area contributed by atoms with Gasteiger partial charge in [0, 0.05) is 17.7 Å². The summed E-state index contributed by atoms with van der Waals surface area (Å²) >= 11 is 1.65. The highest BCUT2D eigenvalue weighted by molar-refractivity contribution is 8.00. The van der Waals surface area contributed by atoms with Gasteiger partial charge in [-0.3, -0.25) is 15.1 Å². The van der Waals surface area contributed by atoms with E-state index in [9.17, 15) is 14.5 Å². The number of nitro benzene ring substituents is 1. The van der Waals surface area contributed by atoms with E-state index < -0.39 is 16.3 Å². The lowest BCUT2D eigenvalue weighted by Gasteiger charge is -2.25. The van der Waals surface area contributed by atoms with E-state index in [0.717, 1.165) is 17.9 Å². The maximum absolute atomic E-state index is 14.1. The third-order valence-electron chi connectivity index (χ3n) is 3.49. The topological polar surface area (TPSA) is 81.5 Å². The fourth-order valence-electron chi connectivity index (χ4n) is 2.19. The van der Waals surface area contributed by atoms with E-state index in [0.29, 0.717) is 12.3 Å². The summed E-state index contributed by atoms with van der Waals surface area (Å²) in [5.74, 6) is 0.722. The van der Waals surface area contributed by atoms with E-state index in [1.165, 1.54) is 6.07 Å². The molecule has 0 aromatic heterocycles. The first kappa shape index (κ1) is 14.8. The second-order valence-electron chi connectivity index (χ2n) is 4.99. The second-order valence-corrected chi connectivity index (χ2v) is 6.44. The molecule has 1 aromatic carbocycles. The van der Waals surface area contributed by atoms with Crippen LogP contribution in [0.4, 0.5) is 10.1 Å². The van der Waals surface area contributed by atoms with Gasteiger partial charge in [0.05, 0.1) is 15.7 Å². The number of hydrogen-bond acceptors (Lipinski definition) is 5. The molecule has 0 saturated carbocycles. The van der Waals surface area contributed by atoms with Crippen LogP contribution in [0.1, 0.15) is 25.8 Å². The normalized spacial score (nSPS) is 26.8. The molecule has 1 aliphatic rings. The summed E-state index contributed by atoms with van der Waals surface area (Å²) in [6, 6.07) is 3.53. The summed E-state index contributed by atoms with van der Waals surface area (Å²) in [5.41, 5.74) is 5.14. The lowest BCUT2D eigenvalue weighted by Crippen LogP contribution is -2.28. The van der Waals surface area contributed by atoms with Gasteiger partial charge in [-0.1, -0.05) is 0 Å². The molecule has 2 unspecified atom stereocenters. The van der Waals surface area contributed by atoms with Crippen LogP contribution in [-0.2, 0) is 5.54 Å². The Bertz CT molecular complexity index is 579. The predicted molar refractivity (Wildman–Crippen MR) is 78.6 cm³/mol. The zero-order valence-corrected chi connectivity index (χ0v) is 12.1. The fraction of sp³-hybridized carbons (Fsp3) is 0.462. The number of benzene rings is 1. The molecule has 0 bridgehead atoms. The van der Waals surface area contributed by atoms with Crippen molar-refractivity contribution >= 4 is 23.3 Å². The van der Waals surface area contributed by atoms with Crippen LogP contribution in [-0.4, -0.2) is 21.8 Å². The zero-order chi connectivity index (χ0) is 14.9. The minimum Gasteiger partial charge on any atom is -0.387 e. The van der Waals surface area contributed by atoms with Gasteiger partial charge >= 0.3 is 0 Å². The van der Waals surface area contributed by atoms with Gasteiger partial charge in [0.15, 0.2) is 0 Å². The summed E-state index contributed by atoms with van der Waals surface area (Å²) in [6.45, 7) is 3.71. The molecule has 2 N–H and O–H groups in total. The summed E-state index contributed by atoms with van der Waals surface area (Å²) < 4.78 is 14.1. The Morgan fingerprint density at radius 2 is 2.30 bits per heavy atom. The molecule has 2 atom stereocenters. The smallest absolute Gasteiger partial charge is 0.270 e. The Hall–Kier alpha value is -1.63. The van der Waals surface area contributed by atoms with Gasteiger partial charge in [-0.25, -0.2) is 4.39 Å². The fourth-order valence-corrected chi connectivity index (χ4v) is 3.28. The maximum Gasteiger partial charge on any atom is 0.270 e. The molecule has 0 aliphatic carbocycles. The average molecular weight is 297 g/mol. The van der Waals surface area contributed by atoms with Crippen molar-refractivity contribution in [1.29, 1.82) is 0 Å². The molecule has 0 saturated heterocycles. The SMILES string of the molecule is CC1SCCC(C)(c2cc([N+](=O)[O-])ccc2F)N=C1N. The number of hydrogen-bond donors (Lipinski definition) is 1. The number of thioether (sulfide) groups is 1. The third-order valence-corrected chi connectivity index (χ3v) is 4.67. The van der Waals surface area contributed by atoms with Crippen LogP contribution in [0.2, 0.25) is 0 Å². The summed E-state index contributed by atoms with van der Waals surface area (Å²) in [6.07, 6.45) is 0.584. The first-order valence-electron chi connectivity index (χ1n) is 6.25. The van der Waals surface area contributed by atoms with Crippen LogP contribution in [0.15, 0.2) is 23.2 Å². The van der Waals surface area contributed by atoms with Gasteiger partial charge in [0.1, 0.15) is 11.7 Å². The first-order valence-corrected chi connectivity index (χ1v) is 7.29. The number of halogens is 1. The van der Waals surface area contributed by atoms with Crippen LogP contribution in [0, 0.1) is 15.9 Å². The standard InChI is InChI=1S/C13H16FN3O2S/c1-8-12(15)16-13(2,5-6-20-8)10-7-9(17(18)19)3-4-11(10)14/h3-4,7-8H,5-6H2,1-2H3,(H2,15,16). The van der Waals surface area contributed by atoms with E-state index in [4.69, 9.17) is 5.73 Å². The van der Waals surface area contributed by atoms with Crippen LogP contribution >= 0.6 is 11.8 Å². The van der Waals surface area contributed by atoms with E-state index in [1.54, 1.807) is 18.7 Å². The monoisotopic (exact) mass is 297 g/mol. The van der Waals surface area contributed by atoms with Crippen molar-refractivity contribution in [3.63, 3.8) is 0 Å². The first-order chi connectivity index (χ1) is 9.33. The minimum atomic E-state index is -0.863. The molecule has 1 heterocycles. The molecule has 0 fully saturated rings. The molecule has 5 nitrogen and oxygen atoms in total. The van der Waals surface area contributed by atoms with Crippen molar-refractivity contribution in [1.82, 2.24) is 0 Å². The highest BCUT2D eigenvalue weighted by atomic mass is 32.2. The molecular weight excluding hydrogens is 281 g/mol.